The third-order valence-electron chi connectivity index (χ3n) is 5.64. The average molecular weight is 442 g/mol. The number of methoxy groups -OCH3 is 1. The van der Waals surface area contributed by atoms with E-state index in [9.17, 15) is 4.79 Å². The highest BCUT2D eigenvalue weighted by molar-refractivity contribution is 6.02. The van der Waals surface area contributed by atoms with Crippen molar-refractivity contribution in [1.29, 1.82) is 0 Å². The summed E-state index contributed by atoms with van der Waals surface area (Å²) in [4.78, 5) is 23.7. The number of carbonyl (C=O) groups excluding carboxylic acids is 1. The zero-order valence-corrected chi connectivity index (χ0v) is 18.7. The highest BCUT2D eigenvalue weighted by atomic mass is 16.5. The van der Waals surface area contributed by atoms with Crippen LogP contribution in [0.4, 0.5) is 17.2 Å². The molecule has 1 saturated heterocycles. The maximum atomic E-state index is 12.6. The number of hydrogen-bond acceptors (Lipinski definition) is 6. The van der Waals surface area contributed by atoms with Crippen molar-refractivity contribution in [3.8, 4) is 12.3 Å². The predicted molar refractivity (Wildman–Crippen MR) is 131 cm³/mol. The summed E-state index contributed by atoms with van der Waals surface area (Å²) in [5, 5.41) is 7.09. The van der Waals surface area contributed by atoms with Crippen LogP contribution in [0.1, 0.15) is 18.4 Å². The van der Waals surface area contributed by atoms with Gasteiger partial charge in [-0.1, -0.05) is 17.6 Å². The number of aromatic nitrogens is 2. The molecule has 2 aromatic carbocycles. The molecule has 0 bridgehead atoms. The Labute approximate surface area is 193 Å². The number of benzene rings is 2. The summed E-state index contributed by atoms with van der Waals surface area (Å²) in [5.74, 6) is 3.15. The van der Waals surface area contributed by atoms with Crippen molar-refractivity contribution >= 4 is 34.0 Å². The Morgan fingerprint density at radius 3 is 2.82 bits per heavy atom. The lowest BCUT2D eigenvalue weighted by molar-refractivity contribution is -0.112. The predicted octanol–water partition coefficient (Wildman–Crippen LogP) is 3.96. The lowest BCUT2D eigenvalue weighted by Gasteiger charge is -2.27. The van der Waals surface area contributed by atoms with Gasteiger partial charge in [0.2, 0.25) is 5.91 Å². The number of nitrogens with zero attached hydrogens (tertiary/aromatic N) is 3. The van der Waals surface area contributed by atoms with Gasteiger partial charge in [-0.2, -0.15) is 0 Å². The number of piperidine rings is 1. The molecule has 7 heteroatoms. The Morgan fingerprint density at radius 1 is 1.18 bits per heavy atom. The first kappa shape index (κ1) is 22.5. The minimum atomic E-state index is -0.122. The lowest BCUT2D eigenvalue weighted by atomic mass is 10.0. The minimum absolute atomic E-state index is 0.122. The van der Waals surface area contributed by atoms with Crippen molar-refractivity contribution < 1.29 is 9.53 Å². The van der Waals surface area contributed by atoms with E-state index < -0.39 is 0 Å². The largest absolute Gasteiger partial charge is 0.383 e. The van der Waals surface area contributed by atoms with E-state index in [1.165, 1.54) is 11.9 Å². The molecule has 1 fully saturated rings. The van der Waals surface area contributed by atoms with Gasteiger partial charge in [-0.05, 0) is 49.2 Å². The summed E-state index contributed by atoms with van der Waals surface area (Å²) in [6, 6.07) is 13.2. The van der Waals surface area contributed by atoms with E-state index in [1.807, 2.05) is 42.5 Å². The van der Waals surface area contributed by atoms with E-state index in [-0.39, 0.29) is 5.91 Å². The molecular weight excluding hydrogens is 414 g/mol. The lowest BCUT2D eigenvalue weighted by Crippen LogP contribution is -2.33. The fourth-order valence-corrected chi connectivity index (χ4v) is 3.85. The minimum Gasteiger partial charge on any atom is -0.383 e. The molecule has 33 heavy (non-hydrogen) atoms. The van der Waals surface area contributed by atoms with Crippen LogP contribution < -0.4 is 10.6 Å². The van der Waals surface area contributed by atoms with Crippen LogP contribution in [0, 0.1) is 12.3 Å². The van der Waals surface area contributed by atoms with Crippen molar-refractivity contribution in [1.82, 2.24) is 14.9 Å². The number of anilines is 3. The first-order chi connectivity index (χ1) is 16.1. The van der Waals surface area contributed by atoms with Crippen LogP contribution in [0.5, 0.6) is 0 Å². The molecule has 1 aromatic heterocycles. The Bertz CT molecular complexity index is 1200. The van der Waals surface area contributed by atoms with Gasteiger partial charge in [-0.25, -0.2) is 9.97 Å². The van der Waals surface area contributed by atoms with Gasteiger partial charge < -0.3 is 20.3 Å². The molecule has 0 unspecified atom stereocenters. The molecule has 1 aliphatic rings. The Morgan fingerprint density at radius 2 is 2.03 bits per heavy atom. The van der Waals surface area contributed by atoms with Crippen LogP contribution in [0.2, 0.25) is 0 Å². The average Bonchev–Trinajstić information content (AvgIpc) is 2.84. The van der Waals surface area contributed by atoms with E-state index in [0.717, 1.165) is 61.2 Å². The summed E-state index contributed by atoms with van der Waals surface area (Å²) in [6.45, 7) is 3.56. The smallest absolute Gasteiger partial charge is 0.248 e. The molecule has 2 N–H and O–H groups in total. The zero-order chi connectivity index (χ0) is 23.0. The van der Waals surface area contributed by atoms with Crippen molar-refractivity contribution in [3.05, 3.63) is 66.0 Å². The number of ether oxygens (including phenoxy) is 1. The Kier molecular flexibility index (Phi) is 7.30. The van der Waals surface area contributed by atoms with Crippen LogP contribution >= 0.6 is 0 Å². The van der Waals surface area contributed by atoms with Crippen molar-refractivity contribution in [3.63, 3.8) is 0 Å². The van der Waals surface area contributed by atoms with Crippen LogP contribution in [0.15, 0.2) is 60.4 Å². The molecule has 2 heterocycles. The number of hydrogen-bond donors (Lipinski definition) is 2. The van der Waals surface area contributed by atoms with Gasteiger partial charge >= 0.3 is 0 Å². The fourth-order valence-electron chi connectivity index (χ4n) is 3.85. The van der Waals surface area contributed by atoms with Gasteiger partial charge in [0.1, 0.15) is 12.1 Å². The molecule has 0 saturated carbocycles. The maximum Gasteiger partial charge on any atom is 0.248 e. The molecule has 4 rings (SSSR count). The number of amides is 1. The van der Waals surface area contributed by atoms with Gasteiger partial charge in [-0.15, -0.1) is 6.42 Å². The first-order valence-corrected chi connectivity index (χ1v) is 10.9. The molecule has 0 atom stereocenters. The first-order valence-electron chi connectivity index (χ1n) is 10.9. The van der Waals surface area contributed by atoms with Gasteiger partial charge in [0.25, 0.3) is 0 Å². The van der Waals surface area contributed by atoms with Crippen molar-refractivity contribution in [2.24, 2.45) is 0 Å². The van der Waals surface area contributed by atoms with E-state index in [1.54, 1.807) is 13.2 Å². The molecule has 0 spiro atoms. The molecule has 1 amide bonds. The van der Waals surface area contributed by atoms with Crippen LogP contribution in [0.3, 0.4) is 0 Å². The van der Waals surface area contributed by atoms with Crippen LogP contribution in [0.25, 0.3) is 10.9 Å². The summed E-state index contributed by atoms with van der Waals surface area (Å²) >= 11 is 0. The SMILES string of the molecule is C#Cc1cccc(Nc2ncnc3ccc(NC(=O)C=C4CCN(CCOC)CC4)cc23)c1. The molecular formula is C26H27N5O2. The number of terminal acetylenes is 1. The zero-order valence-electron chi connectivity index (χ0n) is 18.7. The normalized spacial score (nSPS) is 14.0. The summed E-state index contributed by atoms with van der Waals surface area (Å²) in [5.41, 5.74) is 4.25. The van der Waals surface area contributed by atoms with Gasteiger partial charge in [0, 0.05) is 55.1 Å². The van der Waals surface area contributed by atoms with E-state index in [2.05, 4.69) is 31.4 Å². The van der Waals surface area contributed by atoms with E-state index in [0.29, 0.717) is 11.5 Å². The Balaban J connectivity index is 1.46. The summed E-state index contributed by atoms with van der Waals surface area (Å²) in [7, 11) is 1.72. The third-order valence-corrected chi connectivity index (χ3v) is 5.64. The highest BCUT2D eigenvalue weighted by Crippen LogP contribution is 2.26. The third kappa shape index (κ3) is 5.95. The standard InChI is InChI=1S/C26H27N5O2/c1-3-19-5-4-6-21(15-19)30-26-23-17-22(7-8-24(23)27-18-28-26)29-25(32)16-20-9-11-31(12-10-20)13-14-33-2/h1,4-8,15-18H,9-14H2,2H3,(H,29,32)(H,27,28,30). The van der Waals surface area contributed by atoms with Gasteiger partial charge in [0.05, 0.1) is 12.1 Å². The molecule has 0 aliphatic carbocycles. The van der Waals surface area contributed by atoms with Gasteiger partial charge in [-0.3, -0.25) is 4.79 Å². The van der Waals surface area contributed by atoms with Crippen molar-refractivity contribution in [2.75, 3.05) is 44.0 Å². The van der Waals surface area contributed by atoms with Crippen molar-refractivity contribution in [2.45, 2.75) is 12.8 Å². The second-order valence-corrected chi connectivity index (χ2v) is 7.93. The number of rotatable bonds is 7. The second kappa shape index (κ2) is 10.7. The summed E-state index contributed by atoms with van der Waals surface area (Å²) < 4.78 is 5.14. The second-order valence-electron chi connectivity index (χ2n) is 7.93. The molecule has 0 radical (unpaired) electrons. The Hall–Kier alpha value is -3.73. The molecule has 7 nitrogen and oxygen atoms in total. The fraction of sp³-hybridized carbons (Fsp3) is 0.269. The number of carbonyl (C=O) groups is 1. The number of nitrogens with one attached hydrogen (secondary N) is 2. The monoisotopic (exact) mass is 441 g/mol. The van der Waals surface area contributed by atoms with E-state index in [4.69, 9.17) is 11.2 Å². The topological polar surface area (TPSA) is 79.4 Å². The summed E-state index contributed by atoms with van der Waals surface area (Å²) in [6.07, 6.45) is 10.5. The quantitative estimate of drug-likeness (QED) is 0.427. The van der Waals surface area contributed by atoms with Crippen LogP contribution in [-0.4, -0.2) is 54.1 Å². The number of fused-ring (bicyclic) bond motifs is 1. The maximum absolute atomic E-state index is 12.6. The van der Waals surface area contributed by atoms with E-state index >= 15 is 0 Å². The molecule has 168 valence electrons. The number of likely N-dealkylation sites (tertiary alicyclic amines) is 1. The molecule has 1 aliphatic heterocycles. The van der Waals surface area contributed by atoms with Gasteiger partial charge in [0.15, 0.2) is 0 Å². The molecule has 3 aromatic rings. The highest BCUT2D eigenvalue weighted by Gasteiger charge is 2.14. The van der Waals surface area contributed by atoms with Crippen LogP contribution in [-0.2, 0) is 9.53 Å².